The maximum absolute atomic E-state index is 13.1. The molecule has 2 aromatic heterocycles. The number of ether oxygens (including phenoxy) is 1. The second-order valence-corrected chi connectivity index (χ2v) is 8.46. The van der Waals surface area contributed by atoms with E-state index in [1.54, 1.807) is 23.9 Å². The van der Waals surface area contributed by atoms with Crippen LogP contribution in [0.2, 0.25) is 0 Å². The Hall–Kier alpha value is -2.92. The van der Waals surface area contributed by atoms with E-state index in [4.69, 9.17) is 10.5 Å². The predicted molar refractivity (Wildman–Crippen MR) is 125 cm³/mol. The first-order valence-electron chi connectivity index (χ1n) is 10.5. The molecule has 32 heavy (non-hydrogen) atoms. The topological polar surface area (TPSA) is 120 Å². The van der Waals surface area contributed by atoms with Gasteiger partial charge in [0.05, 0.1) is 26.9 Å². The molecule has 1 aliphatic heterocycles. The summed E-state index contributed by atoms with van der Waals surface area (Å²) in [6.07, 6.45) is 0.852. The third-order valence-corrected chi connectivity index (χ3v) is 6.56. The zero-order chi connectivity index (χ0) is 23.0. The number of nitrogens with two attached hydrogens (primary N) is 1. The molecular formula is C21H26BrN7O3. The molecule has 1 aromatic carbocycles. The molecule has 0 spiro atoms. The molecule has 0 unspecified atom stereocenters. The molecule has 2 amide bonds. The molecule has 3 aromatic rings. The van der Waals surface area contributed by atoms with E-state index in [-0.39, 0.29) is 5.91 Å². The summed E-state index contributed by atoms with van der Waals surface area (Å²) in [6, 6.07) is 3.47. The van der Waals surface area contributed by atoms with Crippen molar-refractivity contribution >= 4 is 50.4 Å². The van der Waals surface area contributed by atoms with Crippen LogP contribution in [0.5, 0.6) is 0 Å². The molecule has 0 radical (unpaired) electrons. The fourth-order valence-electron chi connectivity index (χ4n) is 4.08. The number of imidazole rings is 1. The number of carbonyl (C=O) groups excluding carboxylic acids is 2. The molecule has 0 fully saturated rings. The lowest BCUT2D eigenvalue weighted by atomic mass is 10.1. The number of benzene rings is 1. The first-order valence-corrected chi connectivity index (χ1v) is 11.3. The van der Waals surface area contributed by atoms with Crippen molar-refractivity contribution in [1.29, 1.82) is 0 Å². The number of halogens is 1. The summed E-state index contributed by atoms with van der Waals surface area (Å²) in [7, 11) is 1.68. The zero-order valence-electron chi connectivity index (χ0n) is 18.3. The Bertz CT molecular complexity index is 1200. The number of carbonyl (C=O) groups is 2. The van der Waals surface area contributed by atoms with E-state index in [2.05, 4.69) is 36.2 Å². The maximum Gasteiger partial charge on any atom is 0.277 e. The Morgan fingerprint density at radius 1 is 1.31 bits per heavy atom. The zero-order valence-corrected chi connectivity index (χ0v) is 19.9. The minimum atomic E-state index is -0.517. The van der Waals surface area contributed by atoms with Gasteiger partial charge < -0.3 is 19.9 Å². The number of primary amides is 1. The fraction of sp³-hybridized carbons (Fsp3) is 0.429. The summed E-state index contributed by atoms with van der Waals surface area (Å²) >= 11 is 3.47. The summed E-state index contributed by atoms with van der Waals surface area (Å²) in [6.45, 7) is 7.12. The molecule has 10 nitrogen and oxygen atoms in total. The highest BCUT2D eigenvalue weighted by molar-refractivity contribution is 9.10. The third kappa shape index (κ3) is 3.86. The van der Waals surface area contributed by atoms with E-state index >= 15 is 0 Å². The van der Waals surface area contributed by atoms with E-state index in [0.717, 1.165) is 29.9 Å². The summed E-state index contributed by atoms with van der Waals surface area (Å²) in [5, 5.41) is 7.33. The smallest absolute Gasteiger partial charge is 0.277 e. The van der Waals surface area contributed by atoms with Gasteiger partial charge in [0.2, 0.25) is 11.9 Å². The van der Waals surface area contributed by atoms with Crippen molar-refractivity contribution in [2.45, 2.75) is 33.4 Å². The number of hydrogen-bond donors (Lipinski definition) is 2. The Morgan fingerprint density at radius 3 is 2.78 bits per heavy atom. The van der Waals surface area contributed by atoms with Crippen molar-refractivity contribution in [2.75, 3.05) is 37.0 Å². The van der Waals surface area contributed by atoms with Gasteiger partial charge in [0.25, 0.3) is 5.91 Å². The highest BCUT2D eigenvalue weighted by atomic mass is 79.9. The third-order valence-electron chi connectivity index (χ3n) is 5.61. The van der Waals surface area contributed by atoms with Gasteiger partial charge in [0.1, 0.15) is 5.69 Å². The molecule has 0 saturated heterocycles. The molecular weight excluding hydrogens is 478 g/mol. The van der Waals surface area contributed by atoms with Gasteiger partial charge in [-0.25, -0.2) is 4.98 Å². The lowest BCUT2D eigenvalue weighted by molar-refractivity contribution is 0.0995. The average Bonchev–Trinajstić information content (AvgIpc) is 3.26. The minimum absolute atomic E-state index is 0.301. The van der Waals surface area contributed by atoms with Crippen molar-refractivity contribution in [3.8, 4) is 0 Å². The number of nitrogens with one attached hydrogen (secondary N) is 1. The lowest BCUT2D eigenvalue weighted by Gasteiger charge is -2.31. The van der Waals surface area contributed by atoms with E-state index < -0.39 is 5.91 Å². The second-order valence-electron chi connectivity index (χ2n) is 7.67. The molecule has 3 N–H and O–H groups in total. The summed E-state index contributed by atoms with van der Waals surface area (Å²) in [4.78, 5) is 31.9. The number of aromatic nitrogens is 4. The van der Waals surface area contributed by atoms with Crippen LogP contribution in [0.4, 0.5) is 11.6 Å². The first kappa shape index (κ1) is 22.3. The standard InChI is InChI=1S/C21H26BrN7O3/c1-4-29-18(16(22)12(2)26-29)20(31)25-21-24-14-10-13(19(23)30)11-15-17(14)28(21)8-7-27(15)6-5-9-32-3/h10-11H,4-9H2,1-3H3,(H2,23,30)(H,24,25,31). The molecule has 3 heterocycles. The number of hydrogen-bond acceptors (Lipinski definition) is 6. The minimum Gasteiger partial charge on any atom is -0.385 e. The van der Waals surface area contributed by atoms with Gasteiger partial charge in [-0.05, 0) is 48.3 Å². The van der Waals surface area contributed by atoms with Gasteiger partial charge in [-0.2, -0.15) is 5.10 Å². The second kappa shape index (κ2) is 8.91. The van der Waals surface area contributed by atoms with E-state index in [1.165, 1.54) is 0 Å². The van der Waals surface area contributed by atoms with Crippen LogP contribution in [0.1, 0.15) is 39.9 Å². The Kier molecular flexibility index (Phi) is 6.20. The van der Waals surface area contributed by atoms with Crippen LogP contribution in [-0.4, -0.2) is 58.0 Å². The number of methoxy groups -OCH3 is 1. The number of nitrogens with zero attached hydrogens (tertiary/aromatic N) is 5. The predicted octanol–water partition coefficient (Wildman–Crippen LogP) is 2.53. The van der Waals surface area contributed by atoms with Gasteiger partial charge in [0.15, 0.2) is 0 Å². The van der Waals surface area contributed by atoms with Crippen molar-refractivity contribution in [1.82, 2.24) is 19.3 Å². The van der Waals surface area contributed by atoms with Crippen molar-refractivity contribution < 1.29 is 14.3 Å². The van der Waals surface area contributed by atoms with Crippen LogP contribution in [-0.2, 0) is 17.8 Å². The molecule has 11 heteroatoms. The van der Waals surface area contributed by atoms with Crippen molar-refractivity contribution in [3.05, 3.63) is 33.6 Å². The van der Waals surface area contributed by atoms with Gasteiger partial charge in [-0.3, -0.25) is 19.6 Å². The molecule has 0 atom stereocenters. The quantitative estimate of drug-likeness (QED) is 0.455. The maximum atomic E-state index is 13.1. The summed E-state index contributed by atoms with van der Waals surface area (Å²) in [5.41, 5.74) is 9.50. The summed E-state index contributed by atoms with van der Waals surface area (Å²) < 4.78 is 9.47. The molecule has 0 saturated carbocycles. The number of amides is 2. The Morgan fingerprint density at radius 2 is 2.09 bits per heavy atom. The number of aryl methyl sites for hydroxylation is 2. The molecule has 4 rings (SSSR count). The van der Waals surface area contributed by atoms with Crippen LogP contribution >= 0.6 is 15.9 Å². The highest BCUT2D eigenvalue weighted by Gasteiger charge is 2.27. The van der Waals surface area contributed by atoms with E-state index in [9.17, 15) is 9.59 Å². The molecule has 1 aliphatic rings. The van der Waals surface area contributed by atoms with Crippen LogP contribution in [0, 0.1) is 6.92 Å². The van der Waals surface area contributed by atoms with Crippen molar-refractivity contribution in [2.24, 2.45) is 5.73 Å². The monoisotopic (exact) mass is 503 g/mol. The van der Waals surface area contributed by atoms with Gasteiger partial charge in [0, 0.05) is 45.5 Å². The summed E-state index contributed by atoms with van der Waals surface area (Å²) in [5.74, 6) is -0.389. The van der Waals surface area contributed by atoms with Crippen molar-refractivity contribution in [3.63, 3.8) is 0 Å². The molecule has 0 aliphatic carbocycles. The van der Waals surface area contributed by atoms with Crippen LogP contribution in [0.25, 0.3) is 11.0 Å². The average molecular weight is 504 g/mol. The first-order chi connectivity index (χ1) is 15.3. The van der Waals surface area contributed by atoms with Gasteiger partial charge >= 0.3 is 0 Å². The van der Waals surface area contributed by atoms with Gasteiger partial charge in [-0.15, -0.1) is 0 Å². The highest BCUT2D eigenvalue weighted by Crippen LogP contribution is 2.35. The van der Waals surface area contributed by atoms with Crippen LogP contribution in [0.15, 0.2) is 16.6 Å². The van der Waals surface area contributed by atoms with E-state index in [1.807, 2.05) is 18.4 Å². The van der Waals surface area contributed by atoms with E-state index in [0.29, 0.717) is 53.4 Å². The number of rotatable bonds is 8. The largest absolute Gasteiger partial charge is 0.385 e. The number of anilines is 2. The molecule has 170 valence electrons. The normalized spacial score (nSPS) is 13.1. The fourth-order valence-corrected chi connectivity index (χ4v) is 4.55. The Balaban J connectivity index is 1.75. The lowest BCUT2D eigenvalue weighted by Crippen LogP contribution is -2.33. The van der Waals surface area contributed by atoms with Crippen LogP contribution in [0.3, 0.4) is 0 Å². The SMILES string of the molecule is CCn1nc(C)c(Br)c1C(=O)Nc1nc2cc(C(N)=O)cc3c2n1CCN3CCCOC. The van der Waals surface area contributed by atoms with Crippen LogP contribution < -0.4 is 16.0 Å². The Labute approximate surface area is 193 Å². The molecule has 0 bridgehead atoms. The van der Waals surface area contributed by atoms with Gasteiger partial charge in [-0.1, -0.05) is 0 Å².